The molecule has 128 valence electrons. The molecule has 0 aliphatic heterocycles. The molecule has 4 nitrogen and oxygen atoms in total. The van der Waals surface area contributed by atoms with E-state index in [4.69, 9.17) is 5.14 Å². The van der Waals surface area contributed by atoms with Crippen LogP contribution in [0.4, 0.5) is 8.78 Å². The molecule has 3 rings (SSSR count). The zero-order valence-corrected chi connectivity index (χ0v) is 14.0. The van der Waals surface area contributed by atoms with E-state index in [0.717, 1.165) is 23.3 Å². The Bertz CT molecular complexity index is 1030. The van der Waals surface area contributed by atoms with Crippen molar-refractivity contribution < 1.29 is 17.2 Å². The third-order valence-electron chi connectivity index (χ3n) is 3.73. The molecule has 7 heteroatoms. The monoisotopic (exact) mass is 360 g/mol. The van der Waals surface area contributed by atoms with E-state index in [-0.39, 0.29) is 5.56 Å². The fraction of sp³-hybridized carbons (Fsp3) is 0.0556. The van der Waals surface area contributed by atoms with Crippen molar-refractivity contribution in [3.63, 3.8) is 0 Å². The summed E-state index contributed by atoms with van der Waals surface area (Å²) in [6.45, 7) is 1.94. The number of primary sulfonamides is 1. The van der Waals surface area contributed by atoms with Gasteiger partial charge in [0.2, 0.25) is 10.0 Å². The Morgan fingerprint density at radius 3 is 2.12 bits per heavy atom. The second kappa shape index (κ2) is 6.34. The first kappa shape index (κ1) is 17.2. The predicted octanol–water partition coefficient (Wildman–Crippen LogP) is 3.65. The first-order valence-corrected chi connectivity index (χ1v) is 8.86. The number of aryl methyl sites for hydroxylation is 1. The Balaban J connectivity index is 2.20. The highest BCUT2D eigenvalue weighted by Gasteiger charge is 2.22. The van der Waals surface area contributed by atoms with E-state index in [1.807, 2.05) is 31.2 Å². The van der Waals surface area contributed by atoms with Crippen LogP contribution >= 0.6 is 0 Å². The van der Waals surface area contributed by atoms with Crippen molar-refractivity contribution >= 4 is 10.0 Å². The van der Waals surface area contributed by atoms with Crippen molar-refractivity contribution in [1.29, 1.82) is 0 Å². The highest BCUT2D eigenvalue weighted by Crippen LogP contribution is 2.32. The molecule has 0 saturated heterocycles. The molecule has 1 aromatic heterocycles. The lowest BCUT2D eigenvalue weighted by atomic mass is 9.98. The van der Waals surface area contributed by atoms with E-state index in [1.165, 1.54) is 0 Å². The summed E-state index contributed by atoms with van der Waals surface area (Å²) in [5.74, 6) is -2.48. The molecule has 1 heterocycles. The molecular weight excluding hydrogens is 346 g/mol. The summed E-state index contributed by atoms with van der Waals surface area (Å²) in [7, 11) is -4.50. The number of halogens is 2. The molecule has 0 unspecified atom stereocenters. The Hall–Kier alpha value is -2.64. The van der Waals surface area contributed by atoms with Crippen LogP contribution in [-0.2, 0) is 10.0 Å². The summed E-state index contributed by atoms with van der Waals surface area (Å²) < 4.78 is 51.0. The second-order valence-electron chi connectivity index (χ2n) is 5.58. The molecule has 2 aromatic carbocycles. The summed E-state index contributed by atoms with van der Waals surface area (Å²) in [5.41, 5.74) is 3.02. The second-order valence-corrected chi connectivity index (χ2v) is 7.08. The summed E-state index contributed by atoms with van der Waals surface area (Å²) in [4.78, 5) is 3.16. The van der Waals surface area contributed by atoms with E-state index in [1.54, 1.807) is 18.3 Å². The maximum Gasteiger partial charge on any atom is 0.243 e. The van der Waals surface area contributed by atoms with E-state index in [0.29, 0.717) is 11.3 Å². The predicted molar refractivity (Wildman–Crippen MR) is 91.1 cm³/mol. The third-order valence-corrected chi connectivity index (χ3v) is 4.69. The number of pyridine rings is 1. The standard InChI is InChI=1S/C18H14F2N2O2S/c1-11-4-6-12(7-5-11)17-14(3-2-8-22-17)13-9-15(19)18(16(20)10-13)25(21,23)24/h2-10H,1H3,(H2,21,23,24). The lowest BCUT2D eigenvalue weighted by Gasteiger charge is -2.11. The van der Waals surface area contributed by atoms with Crippen LogP contribution in [0.1, 0.15) is 5.56 Å². The van der Waals surface area contributed by atoms with Gasteiger partial charge in [-0.05, 0) is 30.7 Å². The van der Waals surface area contributed by atoms with Crippen LogP contribution in [-0.4, -0.2) is 13.4 Å². The first-order chi connectivity index (χ1) is 11.8. The molecule has 2 N–H and O–H groups in total. The zero-order chi connectivity index (χ0) is 18.2. The number of rotatable bonds is 3. The van der Waals surface area contributed by atoms with Gasteiger partial charge in [-0.2, -0.15) is 0 Å². The van der Waals surface area contributed by atoms with Gasteiger partial charge in [-0.1, -0.05) is 35.9 Å². The summed E-state index contributed by atoms with van der Waals surface area (Å²) in [6, 6.07) is 12.7. The number of hydrogen-bond acceptors (Lipinski definition) is 3. The number of hydrogen-bond donors (Lipinski definition) is 1. The molecule has 0 radical (unpaired) electrons. The molecule has 0 amide bonds. The number of nitrogens with zero attached hydrogens (tertiary/aromatic N) is 1. The molecule has 0 atom stereocenters. The molecule has 0 aliphatic rings. The maximum absolute atomic E-state index is 14.2. The highest BCUT2D eigenvalue weighted by molar-refractivity contribution is 7.89. The largest absolute Gasteiger partial charge is 0.256 e. The van der Waals surface area contributed by atoms with Gasteiger partial charge in [-0.25, -0.2) is 22.3 Å². The third kappa shape index (κ3) is 3.42. The van der Waals surface area contributed by atoms with E-state index < -0.39 is 26.6 Å². The maximum atomic E-state index is 14.2. The highest BCUT2D eigenvalue weighted by atomic mass is 32.2. The minimum atomic E-state index is -4.50. The molecule has 0 aliphatic carbocycles. The van der Waals surface area contributed by atoms with Crippen molar-refractivity contribution in [3.05, 3.63) is 71.9 Å². The van der Waals surface area contributed by atoms with Crippen LogP contribution in [0.3, 0.4) is 0 Å². The van der Waals surface area contributed by atoms with Crippen LogP contribution in [0, 0.1) is 18.6 Å². The van der Waals surface area contributed by atoms with Crippen molar-refractivity contribution in [2.75, 3.05) is 0 Å². The molecule has 0 bridgehead atoms. The van der Waals surface area contributed by atoms with Crippen LogP contribution in [0.25, 0.3) is 22.4 Å². The van der Waals surface area contributed by atoms with Crippen LogP contribution in [0.2, 0.25) is 0 Å². The quantitative estimate of drug-likeness (QED) is 0.775. The minimum absolute atomic E-state index is 0.172. The average Bonchev–Trinajstić information content (AvgIpc) is 2.53. The van der Waals surface area contributed by atoms with Crippen LogP contribution in [0.15, 0.2) is 59.6 Å². The van der Waals surface area contributed by atoms with Crippen molar-refractivity contribution in [3.8, 4) is 22.4 Å². The number of aromatic nitrogens is 1. The van der Waals surface area contributed by atoms with Gasteiger partial charge in [0.25, 0.3) is 0 Å². The Labute approximate surface area is 144 Å². The van der Waals surface area contributed by atoms with Gasteiger partial charge >= 0.3 is 0 Å². The Morgan fingerprint density at radius 2 is 1.56 bits per heavy atom. The van der Waals surface area contributed by atoms with Crippen molar-refractivity contribution in [2.24, 2.45) is 5.14 Å². The average molecular weight is 360 g/mol. The van der Waals surface area contributed by atoms with Gasteiger partial charge in [0.05, 0.1) is 5.69 Å². The lowest BCUT2D eigenvalue weighted by molar-refractivity contribution is 0.520. The SMILES string of the molecule is Cc1ccc(-c2ncccc2-c2cc(F)c(S(N)(=O)=O)c(F)c2)cc1. The van der Waals surface area contributed by atoms with Gasteiger partial charge in [0, 0.05) is 17.3 Å². The summed E-state index contributed by atoms with van der Waals surface area (Å²) >= 11 is 0. The minimum Gasteiger partial charge on any atom is -0.256 e. The summed E-state index contributed by atoms with van der Waals surface area (Å²) in [5, 5.41) is 4.86. The molecule has 0 spiro atoms. The molecule has 25 heavy (non-hydrogen) atoms. The smallest absolute Gasteiger partial charge is 0.243 e. The van der Waals surface area contributed by atoms with E-state index in [9.17, 15) is 17.2 Å². The normalized spacial score (nSPS) is 11.5. The van der Waals surface area contributed by atoms with Gasteiger partial charge in [0.15, 0.2) is 4.90 Å². The lowest BCUT2D eigenvalue weighted by Crippen LogP contribution is -2.16. The van der Waals surface area contributed by atoms with E-state index in [2.05, 4.69) is 4.98 Å². The van der Waals surface area contributed by atoms with Gasteiger partial charge in [-0.3, -0.25) is 4.98 Å². The number of nitrogens with two attached hydrogens (primary N) is 1. The molecular formula is C18H14F2N2O2S. The van der Waals surface area contributed by atoms with Crippen LogP contribution in [0.5, 0.6) is 0 Å². The van der Waals surface area contributed by atoms with E-state index >= 15 is 0 Å². The molecule has 0 saturated carbocycles. The topological polar surface area (TPSA) is 73.0 Å². The molecule has 0 fully saturated rings. The Morgan fingerprint density at radius 1 is 0.960 bits per heavy atom. The number of sulfonamides is 1. The van der Waals surface area contributed by atoms with Gasteiger partial charge in [0.1, 0.15) is 11.6 Å². The fourth-order valence-electron chi connectivity index (χ4n) is 2.57. The summed E-state index contributed by atoms with van der Waals surface area (Å²) in [6.07, 6.45) is 1.57. The van der Waals surface area contributed by atoms with Gasteiger partial charge in [-0.15, -0.1) is 0 Å². The van der Waals surface area contributed by atoms with Crippen LogP contribution < -0.4 is 5.14 Å². The Kier molecular flexibility index (Phi) is 4.36. The van der Waals surface area contributed by atoms with Crippen molar-refractivity contribution in [1.82, 2.24) is 4.98 Å². The first-order valence-electron chi connectivity index (χ1n) is 7.31. The van der Waals surface area contributed by atoms with Gasteiger partial charge < -0.3 is 0 Å². The zero-order valence-electron chi connectivity index (χ0n) is 13.2. The fourth-order valence-corrected chi connectivity index (χ4v) is 3.23. The van der Waals surface area contributed by atoms with Crippen molar-refractivity contribution in [2.45, 2.75) is 11.8 Å². The molecule has 3 aromatic rings. The number of benzene rings is 2.